The summed E-state index contributed by atoms with van der Waals surface area (Å²) >= 11 is 11.6. The Morgan fingerprint density at radius 1 is 1.05 bits per heavy atom. The van der Waals surface area contributed by atoms with E-state index >= 15 is 0 Å². The molecule has 2 rings (SSSR count). The van der Waals surface area contributed by atoms with Crippen LogP contribution in [0.4, 0.5) is 21.9 Å². The average Bonchev–Trinajstić information content (AvgIpc) is 2.37. The van der Waals surface area contributed by atoms with Gasteiger partial charge in [-0.05, 0) is 30.3 Å². The molecule has 20 heavy (non-hydrogen) atoms. The number of hydrogen-bond acceptors (Lipinski definition) is 3. The Bertz CT molecular complexity index is 662. The number of urea groups is 1. The Morgan fingerprint density at radius 2 is 1.80 bits per heavy atom. The highest BCUT2D eigenvalue weighted by atomic mass is 35.5. The van der Waals surface area contributed by atoms with Gasteiger partial charge < -0.3 is 21.5 Å². The van der Waals surface area contributed by atoms with Crippen LogP contribution in [0.5, 0.6) is 5.75 Å². The molecule has 5 nitrogen and oxygen atoms in total. The van der Waals surface area contributed by atoms with Crippen LogP contribution in [-0.2, 0) is 0 Å². The fraction of sp³-hybridized carbons (Fsp3) is 0. The predicted octanol–water partition coefficient (Wildman–Crippen LogP) is 3.93. The van der Waals surface area contributed by atoms with Gasteiger partial charge in [-0.1, -0.05) is 23.2 Å². The summed E-state index contributed by atoms with van der Waals surface area (Å²) in [6.45, 7) is 0. The van der Waals surface area contributed by atoms with Crippen molar-refractivity contribution in [3.63, 3.8) is 0 Å². The van der Waals surface area contributed by atoms with Gasteiger partial charge in [0.25, 0.3) is 0 Å². The number of aromatic hydroxyl groups is 1. The van der Waals surface area contributed by atoms with E-state index in [2.05, 4.69) is 10.6 Å². The van der Waals surface area contributed by atoms with Crippen LogP contribution in [0.25, 0.3) is 0 Å². The highest BCUT2D eigenvalue weighted by Crippen LogP contribution is 2.27. The van der Waals surface area contributed by atoms with Crippen LogP contribution in [0.1, 0.15) is 0 Å². The zero-order valence-electron chi connectivity index (χ0n) is 10.2. The summed E-state index contributed by atoms with van der Waals surface area (Å²) < 4.78 is 0. The number of nitrogens with two attached hydrogens (primary N) is 1. The molecular weight excluding hydrogens is 301 g/mol. The van der Waals surface area contributed by atoms with Crippen molar-refractivity contribution in [2.75, 3.05) is 16.4 Å². The topological polar surface area (TPSA) is 87.4 Å². The minimum Gasteiger partial charge on any atom is -0.506 e. The Kier molecular flexibility index (Phi) is 4.22. The van der Waals surface area contributed by atoms with Crippen molar-refractivity contribution in [2.24, 2.45) is 0 Å². The van der Waals surface area contributed by atoms with Crippen molar-refractivity contribution in [3.8, 4) is 5.75 Å². The smallest absolute Gasteiger partial charge is 0.323 e. The molecule has 0 saturated carbocycles. The molecule has 0 spiro atoms. The van der Waals surface area contributed by atoms with Gasteiger partial charge in [0.1, 0.15) is 5.75 Å². The first-order chi connectivity index (χ1) is 9.45. The Balaban J connectivity index is 2.07. The van der Waals surface area contributed by atoms with Gasteiger partial charge in [0.15, 0.2) is 0 Å². The first kappa shape index (κ1) is 14.3. The molecule has 2 amide bonds. The lowest BCUT2D eigenvalue weighted by molar-refractivity contribution is 0.262. The zero-order valence-corrected chi connectivity index (χ0v) is 11.7. The standard InChI is InChI=1S/C13H11Cl2N3O2/c14-9-3-2-8(6-10(9)15)17-13(20)18-11-4-1-7(16)5-12(11)19/h1-6,19H,16H2,(H2,17,18,20). The second-order valence-electron chi connectivity index (χ2n) is 3.98. The van der Waals surface area contributed by atoms with Crippen LogP contribution in [0.2, 0.25) is 10.0 Å². The second-order valence-corrected chi connectivity index (χ2v) is 4.80. The van der Waals surface area contributed by atoms with Crippen LogP contribution in [0.15, 0.2) is 36.4 Å². The molecule has 0 radical (unpaired) electrons. The first-order valence-corrected chi connectivity index (χ1v) is 6.33. The molecule has 104 valence electrons. The van der Waals surface area contributed by atoms with Crippen molar-refractivity contribution in [1.82, 2.24) is 0 Å². The van der Waals surface area contributed by atoms with E-state index < -0.39 is 6.03 Å². The molecule has 0 atom stereocenters. The lowest BCUT2D eigenvalue weighted by Crippen LogP contribution is -2.19. The molecule has 7 heteroatoms. The lowest BCUT2D eigenvalue weighted by Gasteiger charge is -2.10. The van der Waals surface area contributed by atoms with Gasteiger partial charge in [0.2, 0.25) is 0 Å². The van der Waals surface area contributed by atoms with E-state index in [4.69, 9.17) is 28.9 Å². The minimum atomic E-state index is -0.525. The number of nitrogens with one attached hydrogen (secondary N) is 2. The number of phenolic OH excluding ortho intramolecular Hbond substituents is 1. The number of halogens is 2. The second kappa shape index (κ2) is 5.90. The largest absolute Gasteiger partial charge is 0.506 e. The Morgan fingerprint density at radius 3 is 2.45 bits per heavy atom. The predicted molar refractivity (Wildman–Crippen MR) is 81.6 cm³/mol. The SMILES string of the molecule is Nc1ccc(NC(=O)Nc2ccc(Cl)c(Cl)c2)c(O)c1. The minimum absolute atomic E-state index is 0.116. The van der Waals surface area contributed by atoms with Crippen molar-refractivity contribution >= 4 is 46.3 Å². The summed E-state index contributed by atoms with van der Waals surface area (Å²) in [5.74, 6) is -0.116. The maximum Gasteiger partial charge on any atom is 0.323 e. The molecular formula is C13H11Cl2N3O2. The highest BCUT2D eigenvalue weighted by molar-refractivity contribution is 6.42. The zero-order chi connectivity index (χ0) is 14.7. The highest BCUT2D eigenvalue weighted by Gasteiger charge is 2.07. The molecule has 0 aliphatic rings. The first-order valence-electron chi connectivity index (χ1n) is 5.57. The number of phenols is 1. The van der Waals surface area contributed by atoms with Crippen LogP contribution in [0, 0.1) is 0 Å². The van der Waals surface area contributed by atoms with Crippen LogP contribution < -0.4 is 16.4 Å². The number of carbonyl (C=O) groups excluding carboxylic acids is 1. The molecule has 2 aromatic rings. The Hall–Kier alpha value is -2.11. The van der Waals surface area contributed by atoms with Crippen molar-refractivity contribution in [1.29, 1.82) is 0 Å². The number of benzene rings is 2. The summed E-state index contributed by atoms with van der Waals surface area (Å²) in [6, 6.07) is 8.58. The van der Waals surface area contributed by atoms with Crippen molar-refractivity contribution in [2.45, 2.75) is 0 Å². The van der Waals surface area contributed by atoms with E-state index in [1.165, 1.54) is 18.2 Å². The van der Waals surface area contributed by atoms with E-state index in [0.717, 1.165) is 0 Å². The Labute approximate surface area is 125 Å². The summed E-state index contributed by atoms with van der Waals surface area (Å²) in [4.78, 5) is 11.8. The van der Waals surface area contributed by atoms with E-state index in [1.54, 1.807) is 18.2 Å². The molecule has 0 unspecified atom stereocenters. The van der Waals surface area contributed by atoms with Gasteiger partial charge in [-0.25, -0.2) is 4.79 Å². The molecule has 5 N–H and O–H groups in total. The van der Waals surface area contributed by atoms with E-state index in [9.17, 15) is 9.90 Å². The van der Waals surface area contributed by atoms with E-state index in [1.807, 2.05) is 0 Å². The number of rotatable bonds is 2. The normalized spacial score (nSPS) is 10.1. The number of nitrogen functional groups attached to an aromatic ring is 1. The van der Waals surface area contributed by atoms with E-state index in [-0.39, 0.29) is 11.4 Å². The fourth-order valence-corrected chi connectivity index (χ4v) is 1.81. The monoisotopic (exact) mass is 311 g/mol. The van der Waals surface area contributed by atoms with Gasteiger partial charge in [-0.2, -0.15) is 0 Å². The molecule has 2 aromatic carbocycles. The third-order valence-corrected chi connectivity index (χ3v) is 3.19. The maximum absolute atomic E-state index is 11.8. The quantitative estimate of drug-likeness (QED) is 0.500. The third kappa shape index (κ3) is 3.46. The van der Waals surface area contributed by atoms with E-state index in [0.29, 0.717) is 21.4 Å². The van der Waals surface area contributed by atoms with Gasteiger partial charge in [0.05, 0.1) is 15.7 Å². The molecule has 0 aliphatic heterocycles. The molecule has 0 aliphatic carbocycles. The average molecular weight is 312 g/mol. The summed E-state index contributed by atoms with van der Waals surface area (Å²) in [6.07, 6.45) is 0. The number of amides is 2. The maximum atomic E-state index is 11.8. The van der Waals surface area contributed by atoms with Crippen LogP contribution in [-0.4, -0.2) is 11.1 Å². The number of hydrogen-bond donors (Lipinski definition) is 4. The fourth-order valence-electron chi connectivity index (χ4n) is 1.51. The lowest BCUT2D eigenvalue weighted by atomic mass is 10.2. The van der Waals surface area contributed by atoms with Gasteiger partial charge in [-0.15, -0.1) is 0 Å². The molecule has 0 fully saturated rings. The summed E-state index contributed by atoms with van der Waals surface area (Å²) in [5, 5.41) is 15.4. The molecule has 0 saturated heterocycles. The van der Waals surface area contributed by atoms with Crippen molar-refractivity contribution < 1.29 is 9.90 Å². The van der Waals surface area contributed by atoms with Crippen molar-refractivity contribution in [3.05, 3.63) is 46.4 Å². The van der Waals surface area contributed by atoms with Crippen LogP contribution in [0.3, 0.4) is 0 Å². The third-order valence-electron chi connectivity index (χ3n) is 2.45. The van der Waals surface area contributed by atoms with Gasteiger partial charge in [0, 0.05) is 17.4 Å². The summed E-state index contributed by atoms with van der Waals surface area (Å²) in [5.41, 5.74) is 6.62. The van der Waals surface area contributed by atoms with Crippen LogP contribution >= 0.6 is 23.2 Å². The molecule has 0 heterocycles. The van der Waals surface area contributed by atoms with Gasteiger partial charge >= 0.3 is 6.03 Å². The molecule has 0 aromatic heterocycles. The van der Waals surface area contributed by atoms with Gasteiger partial charge in [-0.3, -0.25) is 0 Å². The number of carbonyl (C=O) groups is 1. The summed E-state index contributed by atoms with van der Waals surface area (Å²) in [7, 11) is 0. The molecule has 0 bridgehead atoms. The number of anilines is 3.